The Balaban J connectivity index is 2.31. The molecule has 0 aliphatic heterocycles. The minimum Gasteiger partial charge on any atom is -0.385 e. The van der Waals surface area contributed by atoms with Crippen LogP contribution >= 0.6 is 0 Å². The van der Waals surface area contributed by atoms with Gasteiger partial charge in [-0.15, -0.1) is 0 Å². The summed E-state index contributed by atoms with van der Waals surface area (Å²) in [4.78, 5) is 0. The van der Waals surface area contributed by atoms with E-state index in [4.69, 9.17) is 13.3 Å². The fraction of sp³-hybridized carbons (Fsp3) is 0.538. The van der Waals surface area contributed by atoms with E-state index in [9.17, 15) is 0 Å². The Labute approximate surface area is 111 Å². The molecule has 18 heavy (non-hydrogen) atoms. The van der Waals surface area contributed by atoms with Crippen LogP contribution in [0.1, 0.15) is 12.0 Å². The van der Waals surface area contributed by atoms with Gasteiger partial charge in [-0.05, 0) is 25.5 Å². The fourth-order valence-corrected chi connectivity index (χ4v) is 3.49. The third-order valence-corrected chi connectivity index (χ3v) is 5.81. The molecule has 0 fully saturated rings. The van der Waals surface area contributed by atoms with Gasteiger partial charge < -0.3 is 18.6 Å². The van der Waals surface area contributed by atoms with Crippen molar-refractivity contribution in [3.63, 3.8) is 0 Å². The Bertz CT molecular complexity index is 330. The summed E-state index contributed by atoms with van der Waals surface area (Å²) in [5, 5.41) is 3.37. The molecule has 1 aromatic carbocycles. The first-order chi connectivity index (χ1) is 8.65. The topological polar surface area (TPSA) is 39.7 Å². The maximum atomic E-state index is 5.37. The molecule has 0 atom stereocenters. The molecule has 0 radical (unpaired) electrons. The minimum atomic E-state index is -2.40. The second-order valence-corrected chi connectivity index (χ2v) is 7.28. The molecular weight excluding hydrogens is 246 g/mol. The molecule has 0 saturated carbocycles. The number of anilines is 1. The lowest BCUT2D eigenvalue weighted by atomic mass is 10.2. The molecule has 0 unspecified atom stereocenters. The standard InChI is InChI=1S/C13H23NO3Si/c1-12-6-8-13(9-7-12)14-10-5-11-18(15-2,16-3)17-4/h6-9,14H,5,10-11H2,1-4H3. The molecule has 0 aliphatic rings. The third-order valence-electron chi connectivity index (χ3n) is 2.97. The van der Waals surface area contributed by atoms with Gasteiger partial charge in [0, 0.05) is 39.6 Å². The van der Waals surface area contributed by atoms with Crippen LogP contribution in [0.15, 0.2) is 24.3 Å². The van der Waals surface area contributed by atoms with E-state index in [-0.39, 0.29) is 0 Å². The molecule has 5 heteroatoms. The van der Waals surface area contributed by atoms with Gasteiger partial charge in [0.15, 0.2) is 0 Å². The highest BCUT2D eigenvalue weighted by Gasteiger charge is 2.36. The number of hydrogen-bond donors (Lipinski definition) is 1. The van der Waals surface area contributed by atoms with Crippen LogP contribution in [0.4, 0.5) is 5.69 Å². The van der Waals surface area contributed by atoms with E-state index < -0.39 is 8.80 Å². The van der Waals surface area contributed by atoms with Gasteiger partial charge in [-0.3, -0.25) is 0 Å². The Hall–Kier alpha value is -0.883. The van der Waals surface area contributed by atoms with E-state index in [0.29, 0.717) is 0 Å². The van der Waals surface area contributed by atoms with Crippen LogP contribution in [0.2, 0.25) is 6.04 Å². The number of nitrogens with one attached hydrogen (secondary N) is 1. The van der Waals surface area contributed by atoms with Crippen LogP contribution < -0.4 is 5.32 Å². The average Bonchev–Trinajstić information content (AvgIpc) is 2.42. The van der Waals surface area contributed by atoms with Crippen molar-refractivity contribution >= 4 is 14.5 Å². The zero-order valence-corrected chi connectivity index (χ0v) is 12.7. The molecule has 102 valence electrons. The number of rotatable bonds is 8. The largest absolute Gasteiger partial charge is 0.500 e. The lowest BCUT2D eigenvalue weighted by Crippen LogP contribution is -2.42. The van der Waals surface area contributed by atoms with Crippen molar-refractivity contribution in [1.82, 2.24) is 0 Å². The van der Waals surface area contributed by atoms with E-state index in [1.807, 2.05) is 0 Å². The second kappa shape index (κ2) is 7.53. The highest BCUT2D eigenvalue weighted by molar-refractivity contribution is 6.60. The number of aryl methyl sites for hydroxylation is 1. The Morgan fingerprint density at radius 2 is 1.56 bits per heavy atom. The molecule has 0 saturated heterocycles. The summed E-state index contributed by atoms with van der Waals surface area (Å²) in [6.07, 6.45) is 0.954. The van der Waals surface area contributed by atoms with E-state index >= 15 is 0 Å². The van der Waals surface area contributed by atoms with Gasteiger partial charge in [0.25, 0.3) is 0 Å². The van der Waals surface area contributed by atoms with Crippen LogP contribution in [0.25, 0.3) is 0 Å². The van der Waals surface area contributed by atoms with Crippen LogP contribution in [0, 0.1) is 6.92 Å². The first-order valence-electron chi connectivity index (χ1n) is 6.12. The summed E-state index contributed by atoms with van der Waals surface area (Å²) in [6.45, 7) is 2.97. The quantitative estimate of drug-likeness (QED) is 0.582. The molecule has 1 aromatic rings. The molecule has 0 heterocycles. The molecule has 0 aromatic heterocycles. The van der Waals surface area contributed by atoms with Gasteiger partial charge in [-0.1, -0.05) is 17.7 Å². The van der Waals surface area contributed by atoms with Crippen LogP contribution in [0.3, 0.4) is 0 Å². The molecule has 0 aliphatic carbocycles. The number of hydrogen-bond acceptors (Lipinski definition) is 4. The lowest BCUT2D eigenvalue weighted by molar-refractivity contribution is 0.123. The van der Waals surface area contributed by atoms with E-state index in [1.54, 1.807) is 21.3 Å². The molecule has 0 spiro atoms. The monoisotopic (exact) mass is 269 g/mol. The van der Waals surface area contributed by atoms with Crippen molar-refractivity contribution in [1.29, 1.82) is 0 Å². The molecule has 1 N–H and O–H groups in total. The summed E-state index contributed by atoms with van der Waals surface area (Å²) < 4.78 is 16.1. The minimum absolute atomic E-state index is 0.815. The van der Waals surface area contributed by atoms with Gasteiger partial charge in [0.05, 0.1) is 0 Å². The first kappa shape index (κ1) is 15.2. The van der Waals surface area contributed by atoms with Gasteiger partial charge in [0.2, 0.25) is 0 Å². The van der Waals surface area contributed by atoms with Crippen molar-refractivity contribution in [2.24, 2.45) is 0 Å². The molecule has 0 bridgehead atoms. The predicted molar refractivity (Wildman–Crippen MR) is 75.9 cm³/mol. The van der Waals surface area contributed by atoms with Crippen molar-refractivity contribution in [2.75, 3.05) is 33.2 Å². The van der Waals surface area contributed by atoms with Gasteiger partial charge in [0.1, 0.15) is 0 Å². The molecule has 4 nitrogen and oxygen atoms in total. The van der Waals surface area contributed by atoms with E-state index in [0.717, 1.165) is 24.7 Å². The average molecular weight is 269 g/mol. The Morgan fingerprint density at radius 3 is 2.06 bits per heavy atom. The third kappa shape index (κ3) is 4.42. The van der Waals surface area contributed by atoms with Crippen LogP contribution in [0.5, 0.6) is 0 Å². The summed E-state index contributed by atoms with van der Waals surface area (Å²) in [5.74, 6) is 0. The van der Waals surface area contributed by atoms with Gasteiger partial charge in [-0.25, -0.2) is 0 Å². The highest BCUT2D eigenvalue weighted by atomic mass is 28.4. The van der Waals surface area contributed by atoms with E-state index in [1.165, 1.54) is 5.56 Å². The predicted octanol–water partition coefficient (Wildman–Crippen LogP) is 2.68. The fourth-order valence-electron chi connectivity index (χ4n) is 1.77. The highest BCUT2D eigenvalue weighted by Crippen LogP contribution is 2.15. The van der Waals surface area contributed by atoms with Crippen LogP contribution in [-0.4, -0.2) is 36.7 Å². The van der Waals surface area contributed by atoms with E-state index in [2.05, 4.69) is 36.5 Å². The Morgan fingerprint density at radius 1 is 1.00 bits per heavy atom. The smallest absolute Gasteiger partial charge is 0.385 e. The number of benzene rings is 1. The normalized spacial score (nSPS) is 11.6. The van der Waals surface area contributed by atoms with Crippen molar-refractivity contribution < 1.29 is 13.3 Å². The van der Waals surface area contributed by atoms with Gasteiger partial charge >= 0.3 is 8.80 Å². The molecular formula is C13H23NO3Si. The van der Waals surface area contributed by atoms with Crippen molar-refractivity contribution in [2.45, 2.75) is 19.4 Å². The summed E-state index contributed by atoms with van der Waals surface area (Å²) in [5.41, 5.74) is 2.41. The summed E-state index contributed by atoms with van der Waals surface area (Å²) in [7, 11) is 2.53. The molecule has 1 rings (SSSR count). The van der Waals surface area contributed by atoms with Gasteiger partial charge in [-0.2, -0.15) is 0 Å². The molecule has 0 amide bonds. The maximum absolute atomic E-state index is 5.37. The zero-order valence-electron chi connectivity index (χ0n) is 11.7. The first-order valence-corrected chi connectivity index (χ1v) is 8.05. The van der Waals surface area contributed by atoms with Crippen molar-refractivity contribution in [3.8, 4) is 0 Å². The SMILES string of the molecule is CO[Si](CCCNc1ccc(C)cc1)(OC)OC. The van der Waals surface area contributed by atoms with Crippen molar-refractivity contribution in [3.05, 3.63) is 29.8 Å². The summed E-state index contributed by atoms with van der Waals surface area (Å²) in [6, 6.07) is 9.18. The zero-order chi connectivity index (χ0) is 13.4. The van der Waals surface area contributed by atoms with Crippen LogP contribution in [-0.2, 0) is 13.3 Å². The second-order valence-electron chi connectivity index (χ2n) is 4.19. The lowest BCUT2D eigenvalue weighted by Gasteiger charge is -2.24. The Kier molecular flexibility index (Phi) is 6.35. The summed E-state index contributed by atoms with van der Waals surface area (Å²) >= 11 is 0. The maximum Gasteiger partial charge on any atom is 0.500 e.